The van der Waals surface area contributed by atoms with Gasteiger partial charge in [-0.25, -0.2) is 0 Å². The molecule has 0 fully saturated rings. The molecule has 1 atom stereocenters. The molecule has 22 heavy (non-hydrogen) atoms. The molecule has 1 unspecified atom stereocenters. The summed E-state index contributed by atoms with van der Waals surface area (Å²) in [4.78, 5) is 2.13. The molecule has 1 aromatic rings. The summed E-state index contributed by atoms with van der Waals surface area (Å²) >= 11 is 5.54. The van der Waals surface area contributed by atoms with Gasteiger partial charge in [0.25, 0.3) is 0 Å². The van der Waals surface area contributed by atoms with E-state index in [0.717, 1.165) is 17.3 Å². The summed E-state index contributed by atoms with van der Waals surface area (Å²) < 4.78 is 0. The maximum Gasteiger partial charge on any atom is 0.173 e. The molecule has 0 aliphatic rings. The van der Waals surface area contributed by atoms with Crippen molar-refractivity contribution in [3.8, 4) is 0 Å². The molecular weight excluding hydrogens is 288 g/mol. The molecule has 0 saturated heterocycles. The monoisotopic (exact) mass is 320 g/mol. The van der Waals surface area contributed by atoms with Crippen LogP contribution in [0.1, 0.15) is 76.8 Å². The van der Waals surface area contributed by atoms with Gasteiger partial charge in [-0.3, -0.25) is 0 Å². The van der Waals surface area contributed by atoms with Gasteiger partial charge in [0.15, 0.2) is 5.11 Å². The quantitative estimate of drug-likeness (QED) is 0.644. The van der Waals surface area contributed by atoms with E-state index >= 15 is 0 Å². The second-order valence-corrected chi connectivity index (χ2v) is 6.90. The van der Waals surface area contributed by atoms with Gasteiger partial charge >= 0.3 is 0 Å². The van der Waals surface area contributed by atoms with Crippen LogP contribution in [0.5, 0.6) is 0 Å². The Hall–Kier alpha value is -1.09. The predicted molar refractivity (Wildman–Crippen MR) is 103 cm³/mol. The Morgan fingerprint density at radius 1 is 1.23 bits per heavy atom. The normalized spacial score (nSPS) is 12.3. The fraction of sp³-hybridized carbons (Fsp3) is 0.632. The van der Waals surface area contributed by atoms with Gasteiger partial charge in [0.2, 0.25) is 0 Å². The van der Waals surface area contributed by atoms with E-state index in [1.807, 2.05) is 0 Å². The molecule has 0 saturated carbocycles. The molecule has 0 spiro atoms. The smallest absolute Gasteiger partial charge is 0.173 e. The lowest BCUT2D eigenvalue weighted by atomic mass is 9.92. The van der Waals surface area contributed by atoms with Gasteiger partial charge in [-0.2, -0.15) is 0 Å². The van der Waals surface area contributed by atoms with Gasteiger partial charge < -0.3 is 10.2 Å². The third kappa shape index (κ3) is 5.28. The number of nitrogens with one attached hydrogen (secondary N) is 1. The van der Waals surface area contributed by atoms with Crippen molar-refractivity contribution in [3.63, 3.8) is 0 Å². The first-order valence-electron chi connectivity index (χ1n) is 8.56. The first-order chi connectivity index (χ1) is 10.4. The fourth-order valence-corrected chi connectivity index (χ4v) is 2.62. The Kier molecular flexibility index (Phi) is 7.88. The topological polar surface area (TPSA) is 15.3 Å². The maximum absolute atomic E-state index is 5.54. The number of anilines is 1. The minimum absolute atomic E-state index is 0.482. The van der Waals surface area contributed by atoms with E-state index in [-0.39, 0.29) is 0 Å². The summed E-state index contributed by atoms with van der Waals surface area (Å²) in [6.45, 7) is 12.2. The third-order valence-corrected chi connectivity index (χ3v) is 4.73. The van der Waals surface area contributed by atoms with Gasteiger partial charge in [0, 0.05) is 19.3 Å². The highest BCUT2D eigenvalue weighted by atomic mass is 32.1. The van der Waals surface area contributed by atoms with Crippen LogP contribution in [-0.2, 0) is 0 Å². The van der Waals surface area contributed by atoms with Crippen molar-refractivity contribution in [1.82, 2.24) is 4.90 Å². The van der Waals surface area contributed by atoms with E-state index in [0.29, 0.717) is 11.8 Å². The second-order valence-electron chi connectivity index (χ2n) is 6.52. The van der Waals surface area contributed by atoms with Crippen LogP contribution in [0, 0.1) is 0 Å². The van der Waals surface area contributed by atoms with Gasteiger partial charge in [-0.1, -0.05) is 53.2 Å². The summed E-state index contributed by atoms with van der Waals surface area (Å²) in [5.41, 5.74) is 3.92. The summed E-state index contributed by atoms with van der Waals surface area (Å²) in [5, 5.41) is 4.25. The van der Waals surface area contributed by atoms with Gasteiger partial charge in [-0.15, -0.1) is 0 Å². The number of rotatable bonds is 7. The van der Waals surface area contributed by atoms with Crippen LogP contribution in [-0.4, -0.2) is 23.6 Å². The third-order valence-electron chi connectivity index (χ3n) is 4.31. The maximum atomic E-state index is 5.54. The lowest BCUT2D eigenvalue weighted by molar-refractivity contribution is 0.491. The van der Waals surface area contributed by atoms with E-state index in [4.69, 9.17) is 12.2 Å². The molecule has 1 N–H and O–H groups in total. The number of unbranched alkanes of at least 4 members (excludes halogenated alkanes) is 1. The van der Waals surface area contributed by atoms with Gasteiger partial charge in [0.1, 0.15) is 0 Å². The molecule has 1 rings (SSSR count). The number of benzene rings is 1. The van der Waals surface area contributed by atoms with Crippen molar-refractivity contribution >= 4 is 23.0 Å². The van der Waals surface area contributed by atoms with Crippen LogP contribution in [0.25, 0.3) is 0 Å². The molecule has 0 amide bonds. The Bertz CT molecular complexity index is 482. The number of nitrogens with zero attached hydrogens (tertiary/aromatic N) is 1. The SMILES string of the molecule is CCCCN(C)C(=S)Nc1ccc(C(C)CC)cc1C(C)C. The molecule has 3 heteroatoms. The van der Waals surface area contributed by atoms with E-state index in [1.165, 1.54) is 30.4 Å². The molecule has 2 nitrogen and oxygen atoms in total. The molecule has 1 aromatic carbocycles. The van der Waals surface area contributed by atoms with Crippen molar-refractivity contribution in [2.24, 2.45) is 0 Å². The molecule has 124 valence electrons. The van der Waals surface area contributed by atoms with Gasteiger partial charge in [0.05, 0.1) is 0 Å². The zero-order valence-electron chi connectivity index (χ0n) is 15.1. The van der Waals surface area contributed by atoms with Crippen LogP contribution in [0.2, 0.25) is 0 Å². The van der Waals surface area contributed by atoms with Crippen LogP contribution < -0.4 is 5.32 Å². The van der Waals surface area contributed by atoms with E-state index in [2.05, 4.69) is 70.1 Å². The van der Waals surface area contributed by atoms with E-state index in [1.54, 1.807) is 0 Å². The zero-order chi connectivity index (χ0) is 16.7. The van der Waals surface area contributed by atoms with Crippen LogP contribution in [0.15, 0.2) is 18.2 Å². The molecular formula is C19H32N2S. The predicted octanol–water partition coefficient (Wildman–Crippen LogP) is 5.75. The van der Waals surface area contributed by atoms with Crippen molar-refractivity contribution in [2.45, 2.75) is 65.7 Å². The average Bonchev–Trinajstić information content (AvgIpc) is 2.51. The minimum Gasteiger partial charge on any atom is -0.352 e. The van der Waals surface area contributed by atoms with Crippen molar-refractivity contribution in [1.29, 1.82) is 0 Å². The Morgan fingerprint density at radius 3 is 2.45 bits per heavy atom. The highest BCUT2D eigenvalue weighted by Gasteiger charge is 2.13. The van der Waals surface area contributed by atoms with Crippen LogP contribution in [0.3, 0.4) is 0 Å². The van der Waals surface area contributed by atoms with Gasteiger partial charge in [-0.05, 0) is 54.1 Å². The fourth-order valence-electron chi connectivity index (χ4n) is 2.42. The van der Waals surface area contributed by atoms with E-state index in [9.17, 15) is 0 Å². The molecule has 0 aliphatic heterocycles. The lowest BCUT2D eigenvalue weighted by Crippen LogP contribution is -2.32. The number of hydrogen-bond donors (Lipinski definition) is 1. The average molecular weight is 321 g/mol. The van der Waals surface area contributed by atoms with E-state index < -0.39 is 0 Å². The molecule has 0 radical (unpaired) electrons. The Labute approximate surface area is 142 Å². The summed E-state index contributed by atoms with van der Waals surface area (Å²) in [6.07, 6.45) is 3.53. The second kappa shape index (κ2) is 9.14. The highest BCUT2D eigenvalue weighted by molar-refractivity contribution is 7.80. The number of hydrogen-bond acceptors (Lipinski definition) is 1. The zero-order valence-corrected chi connectivity index (χ0v) is 15.9. The summed E-state index contributed by atoms with van der Waals surface area (Å²) in [5.74, 6) is 1.08. The molecule has 0 aliphatic carbocycles. The summed E-state index contributed by atoms with van der Waals surface area (Å²) in [7, 11) is 2.06. The van der Waals surface area contributed by atoms with Crippen molar-refractivity contribution in [3.05, 3.63) is 29.3 Å². The number of thiocarbonyl (C=S) groups is 1. The lowest BCUT2D eigenvalue weighted by Gasteiger charge is -2.24. The molecule has 0 aromatic heterocycles. The Morgan fingerprint density at radius 2 is 1.91 bits per heavy atom. The standard InChI is InChI=1S/C19H32N2S/c1-7-9-12-21(6)19(22)20-18-11-10-16(15(5)8-2)13-17(18)14(3)4/h10-11,13-15H,7-9,12H2,1-6H3,(H,20,22). The highest BCUT2D eigenvalue weighted by Crippen LogP contribution is 2.29. The van der Waals surface area contributed by atoms with Crippen molar-refractivity contribution < 1.29 is 0 Å². The Balaban J connectivity index is 2.92. The molecule has 0 heterocycles. The molecule has 0 bridgehead atoms. The first-order valence-corrected chi connectivity index (χ1v) is 8.97. The van der Waals surface area contributed by atoms with Crippen LogP contribution >= 0.6 is 12.2 Å². The first kappa shape index (κ1) is 19.0. The van der Waals surface area contributed by atoms with Crippen molar-refractivity contribution in [2.75, 3.05) is 18.9 Å². The van der Waals surface area contributed by atoms with Crippen LogP contribution in [0.4, 0.5) is 5.69 Å². The largest absolute Gasteiger partial charge is 0.352 e. The summed E-state index contributed by atoms with van der Waals surface area (Å²) in [6, 6.07) is 6.77. The minimum atomic E-state index is 0.482.